The fraction of sp³-hybridized carbons (Fsp3) is 0.818. The van der Waals surface area contributed by atoms with Gasteiger partial charge in [0.15, 0.2) is 5.92 Å². The van der Waals surface area contributed by atoms with E-state index in [0.29, 0.717) is 12.6 Å². The first kappa shape index (κ1) is 19.9. The number of aliphatic carboxylic acids is 2. The van der Waals surface area contributed by atoms with Crippen LogP contribution in [0, 0.1) is 5.92 Å². The smallest absolute Gasteiger partial charge is 0.679 e. The van der Waals surface area contributed by atoms with Gasteiger partial charge in [-0.2, -0.15) is 12.6 Å². The predicted molar refractivity (Wildman–Crippen MR) is 64.1 cm³/mol. The van der Waals surface area contributed by atoms with Gasteiger partial charge in [0, 0.05) is 0 Å². The molecule has 6 nitrogen and oxygen atoms in total. The third kappa shape index (κ3) is 8.61. The summed E-state index contributed by atoms with van der Waals surface area (Å²) in [6.07, 6.45) is 3.82. The second kappa shape index (κ2) is 11.6. The number of rotatable bonds is 4. The zero-order chi connectivity index (χ0) is 13.3. The number of nitrogens with one attached hydrogen (secondary N) is 1. The van der Waals surface area contributed by atoms with Crippen molar-refractivity contribution in [2.75, 3.05) is 13.1 Å². The molecule has 0 saturated carbocycles. The fourth-order valence-electron chi connectivity index (χ4n) is 1.48. The first-order valence-electron chi connectivity index (χ1n) is 5.79. The van der Waals surface area contributed by atoms with Crippen LogP contribution in [0.2, 0.25) is 0 Å². The molecule has 0 aromatic heterocycles. The van der Waals surface area contributed by atoms with Gasteiger partial charge < -0.3 is 21.3 Å². The Balaban J connectivity index is 0. The Hall–Kier alpha value is -0.452. The van der Waals surface area contributed by atoms with Crippen molar-refractivity contribution < 1.29 is 40.9 Å². The molecule has 1 atom stereocenters. The number of nitrogens with zero attached hydrogens (tertiary/aromatic N) is 1. The number of carboxylic acids is 2. The largest absolute Gasteiger partial charge is 2.00 e. The summed E-state index contributed by atoms with van der Waals surface area (Å²) in [5, 5.41) is 20.6. The van der Waals surface area contributed by atoms with Crippen LogP contribution >= 0.6 is 0 Å². The molecule has 1 saturated heterocycles. The second-order valence-electron chi connectivity index (χ2n) is 3.90. The van der Waals surface area contributed by atoms with E-state index in [1.807, 2.05) is 0 Å². The van der Waals surface area contributed by atoms with Crippen molar-refractivity contribution >= 4 is 11.9 Å². The van der Waals surface area contributed by atoms with Crippen LogP contribution in [0.1, 0.15) is 32.6 Å². The van der Waals surface area contributed by atoms with Crippen LogP contribution in [-0.2, 0) is 30.7 Å². The van der Waals surface area contributed by atoms with Gasteiger partial charge in [0.05, 0.1) is 0 Å². The standard InChI is InChI=1S/C6H12N2.C5H8O4.Pt/c7-5-6-3-1-2-4-8-6;1-2-3(4(6)7)5(8)9;/h6-7H,1-5H2;3H,2H2,1H3,(H,6,7)(H,8,9);/q-2;;+2. The van der Waals surface area contributed by atoms with Gasteiger partial charge >= 0.3 is 33.0 Å². The third-order valence-electron chi connectivity index (χ3n) is 2.57. The number of piperidine rings is 1. The molecule has 18 heavy (non-hydrogen) atoms. The van der Waals surface area contributed by atoms with Crippen LogP contribution in [0.4, 0.5) is 0 Å². The van der Waals surface area contributed by atoms with E-state index in [1.165, 1.54) is 19.8 Å². The molecule has 3 N–H and O–H groups in total. The van der Waals surface area contributed by atoms with Crippen molar-refractivity contribution in [2.45, 2.75) is 38.6 Å². The number of hydrogen-bond donors (Lipinski definition) is 2. The normalized spacial score (nSPS) is 18.3. The minimum absolute atomic E-state index is 0. The van der Waals surface area contributed by atoms with E-state index >= 15 is 0 Å². The molecule has 1 aliphatic heterocycles. The van der Waals surface area contributed by atoms with E-state index < -0.39 is 17.9 Å². The maximum atomic E-state index is 9.99. The van der Waals surface area contributed by atoms with Crippen LogP contribution in [0.3, 0.4) is 0 Å². The van der Waals surface area contributed by atoms with Gasteiger partial charge in [-0.05, 0) is 6.42 Å². The summed E-state index contributed by atoms with van der Waals surface area (Å²) >= 11 is 0. The van der Waals surface area contributed by atoms with Gasteiger partial charge in [-0.1, -0.05) is 26.2 Å². The van der Waals surface area contributed by atoms with Crippen molar-refractivity contribution in [1.82, 2.24) is 0 Å². The molecular formula is C11H20N2O4Pt. The maximum Gasteiger partial charge on any atom is 2.00 e. The molecule has 0 aromatic rings. The summed E-state index contributed by atoms with van der Waals surface area (Å²) in [5.74, 6) is -3.79. The molecule has 1 fully saturated rings. The molecule has 1 aliphatic rings. The first-order chi connectivity index (χ1) is 8.02. The predicted octanol–water partition coefficient (Wildman–Crippen LogP) is 2.14. The van der Waals surface area contributed by atoms with Crippen LogP contribution < -0.4 is 0 Å². The number of hydrogen-bond acceptors (Lipinski definition) is 2. The Morgan fingerprint density at radius 1 is 1.33 bits per heavy atom. The zero-order valence-electron chi connectivity index (χ0n) is 10.4. The topological polar surface area (TPSA) is 112 Å². The van der Waals surface area contributed by atoms with Crippen molar-refractivity contribution in [3.8, 4) is 0 Å². The zero-order valence-corrected chi connectivity index (χ0v) is 12.6. The summed E-state index contributed by atoms with van der Waals surface area (Å²) in [6, 6.07) is 0.378. The van der Waals surface area contributed by atoms with Gasteiger partial charge in [0.2, 0.25) is 0 Å². The molecule has 0 aromatic carbocycles. The third-order valence-corrected chi connectivity index (χ3v) is 2.57. The van der Waals surface area contributed by atoms with Crippen molar-refractivity contribution in [3.05, 3.63) is 11.1 Å². The summed E-state index contributed by atoms with van der Waals surface area (Å²) < 4.78 is 0. The molecule has 0 amide bonds. The van der Waals surface area contributed by atoms with E-state index in [0.717, 1.165) is 13.0 Å². The average molecular weight is 439 g/mol. The molecule has 1 rings (SSSR count). The molecule has 0 spiro atoms. The number of carbonyl (C=O) groups is 2. The monoisotopic (exact) mass is 439 g/mol. The van der Waals surface area contributed by atoms with Crippen molar-refractivity contribution in [2.24, 2.45) is 5.92 Å². The van der Waals surface area contributed by atoms with Crippen LogP contribution in [0.5, 0.6) is 0 Å². The molecular weight excluding hydrogens is 419 g/mol. The SMILES string of the molecule is CCC(C(=O)O)C(=O)O.[NH-]CC1CCCC[N-]1.[Pt+2]. The Morgan fingerprint density at radius 3 is 2.06 bits per heavy atom. The van der Waals surface area contributed by atoms with Gasteiger partial charge in [-0.15, -0.1) is 6.54 Å². The second-order valence-corrected chi connectivity index (χ2v) is 3.90. The Labute approximate surface area is 122 Å². The van der Waals surface area contributed by atoms with Crippen LogP contribution in [-0.4, -0.2) is 41.3 Å². The van der Waals surface area contributed by atoms with Crippen molar-refractivity contribution in [3.63, 3.8) is 0 Å². The molecule has 1 heterocycles. The number of carboxylic acid groups (broad SMARTS) is 2. The summed E-state index contributed by atoms with van der Waals surface area (Å²) in [4.78, 5) is 20.0. The first-order valence-corrected chi connectivity index (χ1v) is 5.79. The molecule has 108 valence electrons. The fourth-order valence-corrected chi connectivity index (χ4v) is 1.48. The Bertz CT molecular complexity index is 231. The Kier molecular flexibility index (Phi) is 12.8. The summed E-state index contributed by atoms with van der Waals surface area (Å²) in [5.41, 5.74) is 7.00. The van der Waals surface area contributed by atoms with E-state index in [-0.39, 0.29) is 27.5 Å². The minimum Gasteiger partial charge on any atom is -0.679 e. The minimum atomic E-state index is -1.27. The van der Waals surface area contributed by atoms with Gasteiger partial charge in [-0.25, -0.2) is 0 Å². The quantitative estimate of drug-likeness (QED) is 0.654. The molecule has 0 radical (unpaired) electrons. The van der Waals surface area contributed by atoms with Gasteiger partial charge in [0.1, 0.15) is 0 Å². The molecule has 0 bridgehead atoms. The van der Waals surface area contributed by atoms with E-state index in [4.69, 9.17) is 15.9 Å². The average Bonchev–Trinajstić information content (AvgIpc) is 2.31. The van der Waals surface area contributed by atoms with Crippen LogP contribution in [0.25, 0.3) is 11.1 Å². The molecule has 1 unspecified atom stereocenters. The maximum absolute atomic E-state index is 9.99. The Morgan fingerprint density at radius 2 is 1.89 bits per heavy atom. The van der Waals surface area contributed by atoms with Crippen LogP contribution in [0.15, 0.2) is 0 Å². The summed E-state index contributed by atoms with van der Waals surface area (Å²) in [7, 11) is 0. The van der Waals surface area contributed by atoms with Gasteiger partial charge in [0.25, 0.3) is 0 Å². The van der Waals surface area contributed by atoms with E-state index in [9.17, 15) is 9.59 Å². The van der Waals surface area contributed by atoms with Crippen molar-refractivity contribution in [1.29, 1.82) is 0 Å². The van der Waals surface area contributed by atoms with E-state index in [1.54, 1.807) is 0 Å². The molecule has 7 heteroatoms. The molecule has 0 aliphatic carbocycles. The van der Waals surface area contributed by atoms with Gasteiger partial charge in [-0.3, -0.25) is 9.59 Å². The van der Waals surface area contributed by atoms with E-state index in [2.05, 4.69) is 5.32 Å². The summed E-state index contributed by atoms with van der Waals surface area (Å²) in [6.45, 7) is 3.02.